The van der Waals surface area contributed by atoms with E-state index in [0.29, 0.717) is 30.4 Å². The van der Waals surface area contributed by atoms with E-state index in [0.717, 1.165) is 5.56 Å². The first-order chi connectivity index (χ1) is 9.49. The minimum atomic E-state index is -0.316. The predicted octanol–water partition coefficient (Wildman–Crippen LogP) is 2.92. The second-order valence-electron chi connectivity index (χ2n) is 4.98. The zero-order valence-corrected chi connectivity index (χ0v) is 11.9. The predicted molar refractivity (Wildman–Crippen MR) is 74.9 cm³/mol. The summed E-state index contributed by atoms with van der Waals surface area (Å²) in [4.78, 5) is 23.3. The number of halogens is 2. The first-order valence-corrected chi connectivity index (χ1v) is 6.99. The van der Waals surface area contributed by atoms with Crippen molar-refractivity contribution in [2.45, 2.75) is 25.2 Å². The number of aromatic hydroxyl groups is 1. The van der Waals surface area contributed by atoms with Gasteiger partial charge in [-0.25, -0.2) is 0 Å². The van der Waals surface area contributed by atoms with Crippen molar-refractivity contribution in [1.82, 2.24) is 5.32 Å². The molecule has 0 aromatic heterocycles. The maximum absolute atomic E-state index is 11.7. The highest BCUT2D eigenvalue weighted by Crippen LogP contribution is 2.44. The van der Waals surface area contributed by atoms with Gasteiger partial charge in [-0.2, -0.15) is 0 Å². The monoisotopic (exact) mass is 311 g/mol. The van der Waals surface area contributed by atoms with Crippen molar-refractivity contribution in [2.24, 2.45) is 0 Å². The fraction of sp³-hybridized carbons (Fsp3) is 0.286. The van der Waals surface area contributed by atoms with E-state index in [1.165, 1.54) is 0 Å². The van der Waals surface area contributed by atoms with E-state index in [1.54, 1.807) is 12.1 Å². The summed E-state index contributed by atoms with van der Waals surface area (Å²) in [6.07, 6.45) is 1.70. The van der Waals surface area contributed by atoms with Crippen LogP contribution in [0.2, 0.25) is 10.0 Å². The largest absolute Gasteiger partial charge is 0.505 e. The third kappa shape index (κ3) is 2.00. The van der Waals surface area contributed by atoms with Gasteiger partial charge in [0.15, 0.2) is 5.75 Å². The molecule has 0 spiro atoms. The lowest BCUT2D eigenvalue weighted by atomic mass is 9.80. The van der Waals surface area contributed by atoms with Gasteiger partial charge in [-0.3, -0.25) is 14.9 Å². The smallest absolute Gasteiger partial charge is 0.254 e. The molecule has 2 amide bonds. The lowest BCUT2D eigenvalue weighted by Gasteiger charge is -2.23. The molecule has 1 aliphatic heterocycles. The Kier molecular flexibility index (Phi) is 3.22. The summed E-state index contributed by atoms with van der Waals surface area (Å²) in [7, 11) is 0. The number of imide groups is 1. The van der Waals surface area contributed by atoms with E-state index in [4.69, 9.17) is 23.2 Å². The molecule has 0 saturated heterocycles. The van der Waals surface area contributed by atoms with E-state index >= 15 is 0 Å². The average Bonchev–Trinajstić information content (AvgIpc) is 2.71. The Morgan fingerprint density at radius 1 is 1.15 bits per heavy atom. The van der Waals surface area contributed by atoms with Crippen LogP contribution in [-0.4, -0.2) is 16.9 Å². The minimum absolute atomic E-state index is 0.000988. The summed E-state index contributed by atoms with van der Waals surface area (Å²) in [5.74, 6) is -0.740. The van der Waals surface area contributed by atoms with Crippen molar-refractivity contribution in [3.8, 4) is 5.75 Å². The molecule has 0 radical (unpaired) electrons. The molecule has 1 aromatic carbocycles. The molecule has 4 nitrogen and oxygen atoms in total. The van der Waals surface area contributed by atoms with Crippen LogP contribution >= 0.6 is 23.2 Å². The lowest BCUT2D eigenvalue weighted by Crippen LogP contribution is -2.22. The molecule has 6 heteroatoms. The highest BCUT2D eigenvalue weighted by Gasteiger charge is 2.36. The Hall–Kier alpha value is -1.52. The lowest BCUT2D eigenvalue weighted by molar-refractivity contribution is -0.124. The van der Waals surface area contributed by atoms with Crippen LogP contribution in [0.3, 0.4) is 0 Å². The standard InChI is InChI=1S/C14H11Cl2NO3/c15-10-4-3-7(11(16)12(10)18)6-1-2-8-9(5-6)14(20)17-13(8)19/h3-4,6,18H,1-2,5H2,(H,17,19,20). The van der Waals surface area contributed by atoms with Gasteiger partial charge in [0.25, 0.3) is 11.8 Å². The van der Waals surface area contributed by atoms with Gasteiger partial charge in [-0.05, 0) is 36.8 Å². The van der Waals surface area contributed by atoms with Gasteiger partial charge in [-0.1, -0.05) is 29.3 Å². The number of carbonyl (C=O) groups is 2. The molecule has 1 heterocycles. The van der Waals surface area contributed by atoms with E-state index in [-0.39, 0.29) is 33.5 Å². The van der Waals surface area contributed by atoms with Crippen molar-refractivity contribution in [2.75, 3.05) is 0 Å². The van der Waals surface area contributed by atoms with Crippen LogP contribution in [0, 0.1) is 0 Å². The van der Waals surface area contributed by atoms with E-state index in [9.17, 15) is 14.7 Å². The Labute approximate surface area is 125 Å². The number of phenolic OH excluding ortho intramolecular Hbond substituents is 1. The van der Waals surface area contributed by atoms with Gasteiger partial charge >= 0.3 is 0 Å². The maximum atomic E-state index is 11.7. The SMILES string of the molecule is O=C1NC(=O)C2=C1CCC(c1ccc(Cl)c(O)c1Cl)C2. The van der Waals surface area contributed by atoms with Crippen LogP contribution < -0.4 is 5.32 Å². The number of hydrogen-bond acceptors (Lipinski definition) is 3. The molecule has 20 heavy (non-hydrogen) atoms. The second kappa shape index (κ2) is 4.79. The number of phenols is 1. The minimum Gasteiger partial charge on any atom is -0.505 e. The summed E-state index contributed by atoms with van der Waals surface area (Å²) in [5.41, 5.74) is 1.88. The van der Waals surface area contributed by atoms with Crippen molar-refractivity contribution < 1.29 is 14.7 Å². The van der Waals surface area contributed by atoms with Crippen LogP contribution in [0.5, 0.6) is 5.75 Å². The third-order valence-electron chi connectivity index (χ3n) is 3.87. The van der Waals surface area contributed by atoms with Crippen LogP contribution in [-0.2, 0) is 9.59 Å². The molecule has 0 saturated carbocycles. The summed E-state index contributed by atoms with van der Waals surface area (Å²) in [6, 6.07) is 3.34. The first-order valence-electron chi connectivity index (χ1n) is 6.23. The topological polar surface area (TPSA) is 66.4 Å². The van der Waals surface area contributed by atoms with Gasteiger partial charge in [0, 0.05) is 11.1 Å². The van der Waals surface area contributed by atoms with E-state index in [1.807, 2.05) is 0 Å². The van der Waals surface area contributed by atoms with Gasteiger partial charge in [0.05, 0.1) is 10.0 Å². The van der Waals surface area contributed by atoms with Crippen molar-refractivity contribution in [1.29, 1.82) is 0 Å². The Bertz CT molecular complexity index is 667. The molecule has 2 N–H and O–H groups in total. The fourth-order valence-electron chi connectivity index (χ4n) is 2.81. The maximum Gasteiger partial charge on any atom is 0.254 e. The number of rotatable bonds is 1. The molecule has 104 valence electrons. The molecule has 1 atom stereocenters. The highest BCUT2D eigenvalue weighted by atomic mass is 35.5. The molecule has 1 aliphatic carbocycles. The van der Waals surface area contributed by atoms with Gasteiger partial charge < -0.3 is 5.11 Å². The fourth-order valence-corrected chi connectivity index (χ4v) is 3.34. The number of carbonyl (C=O) groups excluding carboxylic acids is 2. The van der Waals surface area contributed by atoms with Crippen LogP contribution in [0.25, 0.3) is 0 Å². The number of hydrogen-bond donors (Lipinski definition) is 2. The summed E-state index contributed by atoms with van der Waals surface area (Å²) in [6.45, 7) is 0. The highest BCUT2D eigenvalue weighted by molar-refractivity contribution is 6.37. The normalized spacial score (nSPS) is 22.0. The molecule has 1 unspecified atom stereocenters. The molecular formula is C14H11Cl2NO3. The first kappa shape index (κ1) is 13.5. The van der Waals surface area contributed by atoms with Crippen LogP contribution in [0.4, 0.5) is 0 Å². The van der Waals surface area contributed by atoms with Gasteiger partial charge in [0.2, 0.25) is 0 Å². The van der Waals surface area contributed by atoms with Gasteiger partial charge in [0.1, 0.15) is 0 Å². The third-order valence-corrected chi connectivity index (χ3v) is 4.57. The molecule has 2 aliphatic rings. The van der Waals surface area contributed by atoms with Gasteiger partial charge in [-0.15, -0.1) is 0 Å². The summed E-state index contributed by atoms with van der Waals surface area (Å²) < 4.78 is 0. The molecule has 3 rings (SSSR count). The van der Waals surface area contributed by atoms with E-state index < -0.39 is 0 Å². The zero-order chi connectivity index (χ0) is 14.4. The molecule has 1 aromatic rings. The Morgan fingerprint density at radius 3 is 2.60 bits per heavy atom. The quantitative estimate of drug-likeness (QED) is 0.784. The summed E-state index contributed by atoms with van der Waals surface area (Å²) in [5, 5.41) is 12.5. The van der Waals surface area contributed by atoms with Crippen LogP contribution in [0.15, 0.2) is 23.3 Å². The van der Waals surface area contributed by atoms with E-state index in [2.05, 4.69) is 5.32 Å². The number of nitrogens with one attached hydrogen (secondary N) is 1. The van der Waals surface area contributed by atoms with Crippen molar-refractivity contribution in [3.63, 3.8) is 0 Å². The number of benzene rings is 1. The number of amides is 2. The Balaban J connectivity index is 1.95. The van der Waals surface area contributed by atoms with Crippen molar-refractivity contribution in [3.05, 3.63) is 38.9 Å². The molecular weight excluding hydrogens is 301 g/mol. The molecule has 0 fully saturated rings. The Morgan fingerprint density at radius 2 is 1.85 bits per heavy atom. The second-order valence-corrected chi connectivity index (χ2v) is 5.76. The van der Waals surface area contributed by atoms with Crippen molar-refractivity contribution >= 4 is 35.0 Å². The average molecular weight is 312 g/mol. The zero-order valence-electron chi connectivity index (χ0n) is 10.4. The molecule has 0 bridgehead atoms. The van der Waals surface area contributed by atoms with Crippen LogP contribution in [0.1, 0.15) is 30.7 Å². The summed E-state index contributed by atoms with van der Waals surface area (Å²) >= 11 is 11.9.